The van der Waals surface area contributed by atoms with Crippen molar-refractivity contribution < 1.29 is 13.9 Å². The molecule has 0 amide bonds. The Morgan fingerprint density at radius 2 is 2.43 bits per heavy atom. The zero-order valence-electron chi connectivity index (χ0n) is 8.24. The highest BCUT2D eigenvalue weighted by atomic mass is 16.5. The third-order valence-corrected chi connectivity index (χ3v) is 2.28. The van der Waals surface area contributed by atoms with E-state index < -0.39 is 5.97 Å². The molecule has 0 bridgehead atoms. The number of aromatic nitrogens is 1. The smallest absolute Gasteiger partial charge is 0.394 e. The number of likely N-dealkylation sites (N-methyl/N-ethyl adjacent to an activating group) is 1. The predicted octanol–water partition coefficient (Wildman–Crippen LogP) is 0.449. The minimum Gasteiger partial charge on any atom is -0.462 e. The molecule has 5 heteroatoms. The van der Waals surface area contributed by atoms with Crippen LogP contribution in [0.1, 0.15) is 22.1 Å². The molecule has 1 aliphatic rings. The summed E-state index contributed by atoms with van der Waals surface area (Å²) in [6.07, 6.45) is 0.826. The summed E-state index contributed by atoms with van der Waals surface area (Å²) in [6.45, 7) is 1.65. The van der Waals surface area contributed by atoms with Crippen molar-refractivity contribution in [3.8, 4) is 0 Å². The van der Waals surface area contributed by atoms with Gasteiger partial charge in [0.15, 0.2) is 0 Å². The van der Waals surface area contributed by atoms with E-state index in [-0.39, 0.29) is 5.89 Å². The van der Waals surface area contributed by atoms with Crippen LogP contribution in [0.15, 0.2) is 4.42 Å². The van der Waals surface area contributed by atoms with Crippen LogP contribution in [0.2, 0.25) is 0 Å². The Bertz CT molecular complexity index is 359. The molecule has 0 radical (unpaired) electrons. The highest BCUT2D eigenvalue weighted by molar-refractivity contribution is 5.84. The van der Waals surface area contributed by atoms with E-state index >= 15 is 0 Å². The summed E-state index contributed by atoms with van der Waals surface area (Å²) in [4.78, 5) is 17.3. The van der Waals surface area contributed by atoms with Gasteiger partial charge >= 0.3 is 11.9 Å². The molecule has 14 heavy (non-hydrogen) atoms. The van der Waals surface area contributed by atoms with E-state index in [1.54, 1.807) is 0 Å². The van der Waals surface area contributed by atoms with Gasteiger partial charge in [0.05, 0.1) is 19.3 Å². The lowest BCUT2D eigenvalue weighted by Crippen LogP contribution is -2.25. The molecule has 2 rings (SSSR count). The van der Waals surface area contributed by atoms with Crippen LogP contribution in [0.5, 0.6) is 0 Å². The topological polar surface area (TPSA) is 55.6 Å². The maximum Gasteiger partial charge on any atom is 0.394 e. The fraction of sp³-hybridized carbons (Fsp3) is 0.556. The average Bonchev–Trinajstić information content (AvgIpc) is 2.59. The van der Waals surface area contributed by atoms with Crippen molar-refractivity contribution >= 4 is 5.97 Å². The standard InChI is InChI=1S/C9H12N2O3/c1-11-4-3-6-7(5-11)14-8(10-6)9(12)13-2/h3-5H2,1-2H3. The lowest BCUT2D eigenvalue weighted by molar-refractivity contribution is 0.0552. The van der Waals surface area contributed by atoms with Gasteiger partial charge in [-0.3, -0.25) is 4.90 Å². The molecule has 1 aliphatic heterocycles. The summed E-state index contributed by atoms with van der Waals surface area (Å²) in [7, 11) is 3.32. The van der Waals surface area contributed by atoms with Gasteiger partial charge in [-0.2, -0.15) is 0 Å². The molecule has 0 spiro atoms. The third kappa shape index (κ3) is 1.50. The van der Waals surface area contributed by atoms with E-state index in [4.69, 9.17) is 4.42 Å². The van der Waals surface area contributed by atoms with Crippen molar-refractivity contribution in [3.05, 3.63) is 17.3 Å². The molecule has 0 aliphatic carbocycles. The second kappa shape index (κ2) is 3.42. The SMILES string of the molecule is COC(=O)c1nc2c(o1)CN(C)CC2. The third-order valence-electron chi connectivity index (χ3n) is 2.28. The number of carbonyl (C=O) groups excluding carboxylic acids is 1. The first kappa shape index (κ1) is 9.21. The van der Waals surface area contributed by atoms with E-state index in [1.165, 1.54) is 7.11 Å². The molecular formula is C9H12N2O3. The normalized spacial score (nSPS) is 16.4. The van der Waals surface area contributed by atoms with Crippen LogP contribution in [-0.4, -0.2) is 36.6 Å². The lowest BCUT2D eigenvalue weighted by Gasteiger charge is -2.19. The fourth-order valence-corrected chi connectivity index (χ4v) is 1.50. The van der Waals surface area contributed by atoms with E-state index in [0.29, 0.717) is 6.54 Å². The second-order valence-electron chi connectivity index (χ2n) is 3.37. The lowest BCUT2D eigenvalue weighted by atomic mass is 10.2. The van der Waals surface area contributed by atoms with Gasteiger partial charge in [-0.25, -0.2) is 9.78 Å². The number of ether oxygens (including phenoxy) is 1. The van der Waals surface area contributed by atoms with E-state index in [0.717, 1.165) is 24.4 Å². The van der Waals surface area contributed by atoms with Crippen molar-refractivity contribution in [1.82, 2.24) is 9.88 Å². The molecule has 1 aromatic heterocycles. The van der Waals surface area contributed by atoms with E-state index in [2.05, 4.69) is 14.6 Å². The van der Waals surface area contributed by atoms with Gasteiger partial charge < -0.3 is 9.15 Å². The molecule has 0 unspecified atom stereocenters. The minimum absolute atomic E-state index is 0.0628. The zero-order chi connectivity index (χ0) is 10.1. The molecular weight excluding hydrogens is 184 g/mol. The number of oxazole rings is 1. The number of rotatable bonds is 1. The monoisotopic (exact) mass is 196 g/mol. The molecule has 0 N–H and O–H groups in total. The van der Waals surface area contributed by atoms with Crippen molar-refractivity contribution in [2.75, 3.05) is 20.7 Å². The molecule has 5 nitrogen and oxygen atoms in total. The average molecular weight is 196 g/mol. The summed E-state index contributed by atoms with van der Waals surface area (Å²) < 4.78 is 9.83. The highest BCUT2D eigenvalue weighted by Gasteiger charge is 2.23. The summed E-state index contributed by atoms with van der Waals surface area (Å²) in [6, 6.07) is 0. The summed E-state index contributed by atoms with van der Waals surface area (Å²) in [5, 5.41) is 0. The Labute approximate surface area is 81.7 Å². The van der Waals surface area contributed by atoms with Crippen LogP contribution in [0.25, 0.3) is 0 Å². The predicted molar refractivity (Wildman–Crippen MR) is 47.9 cm³/mol. The number of fused-ring (bicyclic) bond motifs is 1. The van der Waals surface area contributed by atoms with Gasteiger partial charge in [-0.05, 0) is 7.05 Å². The Balaban J connectivity index is 2.27. The molecule has 0 atom stereocenters. The van der Waals surface area contributed by atoms with E-state index in [9.17, 15) is 4.79 Å². The summed E-state index contributed by atoms with van der Waals surface area (Å²) in [5.74, 6) is 0.328. The van der Waals surface area contributed by atoms with Gasteiger partial charge in [-0.1, -0.05) is 0 Å². The number of carbonyl (C=O) groups is 1. The molecule has 0 fully saturated rings. The summed E-state index contributed by atoms with van der Waals surface area (Å²) >= 11 is 0. The Morgan fingerprint density at radius 1 is 1.64 bits per heavy atom. The van der Waals surface area contributed by atoms with Gasteiger partial charge in [-0.15, -0.1) is 0 Å². The number of hydrogen-bond donors (Lipinski definition) is 0. The second-order valence-corrected chi connectivity index (χ2v) is 3.37. The first-order valence-electron chi connectivity index (χ1n) is 4.46. The van der Waals surface area contributed by atoms with Gasteiger partial charge in [0.1, 0.15) is 5.76 Å². The van der Waals surface area contributed by atoms with Crippen LogP contribution in [0.3, 0.4) is 0 Å². The van der Waals surface area contributed by atoms with Crippen molar-refractivity contribution in [2.45, 2.75) is 13.0 Å². The quantitative estimate of drug-likeness (QED) is 0.610. The Kier molecular flexibility index (Phi) is 2.25. The minimum atomic E-state index is -0.512. The first-order chi connectivity index (χ1) is 6.70. The largest absolute Gasteiger partial charge is 0.462 e. The number of hydrogen-bond acceptors (Lipinski definition) is 5. The van der Waals surface area contributed by atoms with Gasteiger partial charge in [0.25, 0.3) is 0 Å². The first-order valence-corrected chi connectivity index (χ1v) is 4.46. The number of methoxy groups -OCH3 is 1. The molecule has 76 valence electrons. The van der Waals surface area contributed by atoms with Crippen molar-refractivity contribution in [3.63, 3.8) is 0 Å². The maximum absolute atomic E-state index is 11.1. The number of esters is 1. The molecule has 2 heterocycles. The van der Waals surface area contributed by atoms with Crippen LogP contribution < -0.4 is 0 Å². The Morgan fingerprint density at radius 3 is 3.14 bits per heavy atom. The Hall–Kier alpha value is -1.36. The van der Waals surface area contributed by atoms with Gasteiger partial charge in [0.2, 0.25) is 0 Å². The maximum atomic E-state index is 11.1. The molecule has 0 saturated carbocycles. The van der Waals surface area contributed by atoms with Gasteiger partial charge in [0, 0.05) is 13.0 Å². The molecule has 0 saturated heterocycles. The zero-order valence-corrected chi connectivity index (χ0v) is 8.24. The van der Waals surface area contributed by atoms with Crippen molar-refractivity contribution in [1.29, 1.82) is 0 Å². The highest BCUT2D eigenvalue weighted by Crippen LogP contribution is 2.18. The molecule has 0 aromatic carbocycles. The van der Waals surface area contributed by atoms with E-state index in [1.807, 2.05) is 7.05 Å². The number of nitrogens with zero attached hydrogens (tertiary/aromatic N) is 2. The van der Waals surface area contributed by atoms with Crippen LogP contribution >= 0.6 is 0 Å². The fourth-order valence-electron chi connectivity index (χ4n) is 1.50. The van der Waals surface area contributed by atoms with Crippen LogP contribution in [-0.2, 0) is 17.7 Å². The molecule has 1 aromatic rings. The van der Waals surface area contributed by atoms with Crippen molar-refractivity contribution in [2.24, 2.45) is 0 Å². The van der Waals surface area contributed by atoms with Crippen LogP contribution in [0.4, 0.5) is 0 Å². The summed E-state index contributed by atoms with van der Waals surface area (Å²) in [5.41, 5.74) is 0.878. The van der Waals surface area contributed by atoms with Crippen LogP contribution in [0, 0.1) is 0 Å².